The maximum atomic E-state index is 4.75. The fourth-order valence-electron chi connectivity index (χ4n) is 4.10. The van der Waals surface area contributed by atoms with Gasteiger partial charge in [-0.25, -0.2) is 4.98 Å². The number of likely N-dealkylation sites (N-methyl/N-ethyl adjacent to an activating group) is 1. The fraction of sp³-hybridized carbons (Fsp3) is 0.316. The Kier molecular flexibility index (Phi) is 2.76. The van der Waals surface area contributed by atoms with E-state index >= 15 is 0 Å². The molecule has 2 atom stereocenters. The summed E-state index contributed by atoms with van der Waals surface area (Å²) in [5.41, 5.74) is 3.56. The van der Waals surface area contributed by atoms with Crippen LogP contribution in [0.1, 0.15) is 6.42 Å². The molecular weight excluding hydrogens is 284 g/mol. The molecule has 0 amide bonds. The molecule has 2 aromatic heterocycles. The van der Waals surface area contributed by atoms with E-state index in [1.807, 2.05) is 12.4 Å². The van der Waals surface area contributed by atoms with Crippen molar-refractivity contribution in [1.82, 2.24) is 14.9 Å². The van der Waals surface area contributed by atoms with Gasteiger partial charge in [0.1, 0.15) is 5.82 Å². The van der Waals surface area contributed by atoms with Crippen molar-refractivity contribution in [2.45, 2.75) is 18.5 Å². The number of nitrogens with one attached hydrogen (secondary N) is 1. The zero-order valence-electron chi connectivity index (χ0n) is 13.2. The summed E-state index contributed by atoms with van der Waals surface area (Å²) in [5, 5.41) is 1.25. The first-order valence-corrected chi connectivity index (χ1v) is 8.28. The summed E-state index contributed by atoms with van der Waals surface area (Å²) >= 11 is 0. The predicted octanol–water partition coefficient (Wildman–Crippen LogP) is 3.12. The molecule has 23 heavy (non-hydrogen) atoms. The van der Waals surface area contributed by atoms with Gasteiger partial charge < -0.3 is 9.88 Å². The average Bonchev–Trinajstić information content (AvgIpc) is 3.29. The highest BCUT2D eigenvalue weighted by Crippen LogP contribution is 2.33. The molecule has 2 bridgehead atoms. The molecule has 2 aliphatic rings. The molecular formula is C19H20N4. The standard InChI is InChI=1S/C19H20N4/c1-22-11-17-9-16(22)12-23(17)19-5-4-15(10-21-19)14-3-2-13-6-7-20-18(13)8-14/h2-8,10,16-17,20H,9,11-12H2,1H3/t16-,17-/m0/s1. The first-order valence-electron chi connectivity index (χ1n) is 8.28. The average molecular weight is 304 g/mol. The number of nitrogens with zero attached hydrogens (tertiary/aromatic N) is 3. The molecule has 0 spiro atoms. The molecule has 5 rings (SSSR count). The lowest BCUT2D eigenvalue weighted by Gasteiger charge is -2.32. The number of hydrogen-bond donors (Lipinski definition) is 1. The number of hydrogen-bond acceptors (Lipinski definition) is 3. The molecule has 1 aromatic carbocycles. The van der Waals surface area contributed by atoms with E-state index in [1.165, 1.54) is 28.5 Å². The third-order valence-electron chi connectivity index (χ3n) is 5.44. The van der Waals surface area contributed by atoms with Crippen molar-refractivity contribution in [3.8, 4) is 11.1 Å². The molecule has 4 heterocycles. The summed E-state index contributed by atoms with van der Waals surface area (Å²) in [6.45, 7) is 2.28. The van der Waals surface area contributed by atoms with Crippen LogP contribution in [0.4, 0.5) is 5.82 Å². The number of anilines is 1. The first-order chi connectivity index (χ1) is 11.3. The highest BCUT2D eigenvalue weighted by Gasteiger charge is 2.41. The van der Waals surface area contributed by atoms with E-state index in [9.17, 15) is 0 Å². The van der Waals surface area contributed by atoms with E-state index < -0.39 is 0 Å². The second-order valence-corrected chi connectivity index (χ2v) is 6.82. The Bertz CT molecular complexity index is 849. The minimum Gasteiger partial charge on any atom is -0.361 e. The molecule has 116 valence electrons. The zero-order chi connectivity index (χ0) is 15.4. The van der Waals surface area contributed by atoms with Gasteiger partial charge in [-0.15, -0.1) is 0 Å². The Morgan fingerprint density at radius 1 is 1.04 bits per heavy atom. The van der Waals surface area contributed by atoms with Crippen molar-refractivity contribution in [2.24, 2.45) is 0 Å². The zero-order valence-corrected chi connectivity index (χ0v) is 13.2. The quantitative estimate of drug-likeness (QED) is 0.790. The number of H-pyrrole nitrogens is 1. The second-order valence-electron chi connectivity index (χ2n) is 6.82. The van der Waals surface area contributed by atoms with Gasteiger partial charge in [0.05, 0.1) is 0 Å². The highest BCUT2D eigenvalue weighted by molar-refractivity contribution is 5.84. The largest absolute Gasteiger partial charge is 0.361 e. The van der Waals surface area contributed by atoms with Crippen LogP contribution in [0.25, 0.3) is 22.0 Å². The number of fused-ring (bicyclic) bond motifs is 3. The predicted molar refractivity (Wildman–Crippen MR) is 93.7 cm³/mol. The summed E-state index contributed by atoms with van der Waals surface area (Å²) in [5.74, 6) is 1.12. The van der Waals surface area contributed by atoms with E-state index in [0.717, 1.165) is 18.9 Å². The van der Waals surface area contributed by atoms with Crippen LogP contribution < -0.4 is 4.90 Å². The molecule has 0 aliphatic carbocycles. The van der Waals surface area contributed by atoms with Gasteiger partial charge in [-0.3, -0.25) is 4.90 Å². The van der Waals surface area contributed by atoms with Crippen molar-refractivity contribution in [2.75, 3.05) is 25.0 Å². The van der Waals surface area contributed by atoms with Crippen molar-refractivity contribution in [3.63, 3.8) is 0 Å². The number of benzene rings is 1. The van der Waals surface area contributed by atoms with Crippen LogP contribution in [0.15, 0.2) is 48.8 Å². The number of rotatable bonds is 2. The van der Waals surface area contributed by atoms with Crippen LogP contribution in [0.2, 0.25) is 0 Å². The van der Waals surface area contributed by atoms with E-state index in [4.69, 9.17) is 4.98 Å². The Morgan fingerprint density at radius 3 is 2.70 bits per heavy atom. The normalized spacial score (nSPS) is 24.0. The molecule has 0 unspecified atom stereocenters. The molecule has 0 saturated carbocycles. The Balaban J connectivity index is 1.43. The molecule has 4 nitrogen and oxygen atoms in total. The maximum absolute atomic E-state index is 4.75. The van der Waals surface area contributed by atoms with E-state index in [1.54, 1.807) is 0 Å². The minimum absolute atomic E-state index is 0.638. The van der Waals surface area contributed by atoms with Gasteiger partial charge >= 0.3 is 0 Å². The third kappa shape index (κ3) is 2.05. The van der Waals surface area contributed by atoms with Crippen LogP contribution in [0, 0.1) is 0 Å². The van der Waals surface area contributed by atoms with Crippen LogP contribution >= 0.6 is 0 Å². The van der Waals surface area contributed by atoms with Crippen LogP contribution in [0.3, 0.4) is 0 Å². The summed E-state index contributed by atoms with van der Waals surface area (Å²) in [7, 11) is 2.23. The lowest BCUT2D eigenvalue weighted by atomic mass is 10.1. The van der Waals surface area contributed by atoms with Gasteiger partial charge in [0, 0.05) is 48.6 Å². The molecule has 4 heteroatoms. The Hall–Kier alpha value is -2.33. The third-order valence-corrected chi connectivity index (χ3v) is 5.44. The maximum Gasteiger partial charge on any atom is 0.128 e. The lowest BCUT2D eigenvalue weighted by molar-refractivity contribution is 0.292. The highest BCUT2D eigenvalue weighted by atomic mass is 15.4. The number of aromatic nitrogens is 2. The van der Waals surface area contributed by atoms with Gasteiger partial charge in [0.2, 0.25) is 0 Å². The fourth-order valence-corrected chi connectivity index (χ4v) is 4.10. The van der Waals surface area contributed by atoms with Crippen molar-refractivity contribution >= 4 is 16.7 Å². The summed E-state index contributed by atoms with van der Waals surface area (Å²) in [6.07, 6.45) is 5.27. The van der Waals surface area contributed by atoms with Crippen LogP contribution in [0.5, 0.6) is 0 Å². The van der Waals surface area contributed by atoms with Crippen molar-refractivity contribution in [1.29, 1.82) is 0 Å². The number of aromatic amines is 1. The number of pyridine rings is 1. The minimum atomic E-state index is 0.638. The van der Waals surface area contributed by atoms with E-state index in [-0.39, 0.29) is 0 Å². The lowest BCUT2D eigenvalue weighted by Crippen LogP contribution is -2.44. The Labute approximate surface area is 135 Å². The van der Waals surface area contributed by atoms with Crippen molar-refractivity contribution in [3.05, 3.63) is 48.8 Å². The summed E-state index contributed by atoms with van der Waals surface area (Å²) in [6, 6.07) is 14.3. The van der Waals surface area contributed by atoms with Crippen molar-refractivity contribution < 1.29 is 0 Å². The molecule has 1 N–H and O–H groups in total. The number of piperazine rings is 1. The molecule has 2 fully saturated rings. The topological polar surface area (TPSA) is 35.2 Å². The van der Waals surface area contributed by atoms with Crippen LogP contribution in [-0.2, 0) is 0 Å². The first kappa shape index (κ1) is 13.1. The van der Waals surface area contributed by atoms with Crippen LogP contribution in [-0.4, -0.2) is 47.1 Å². The van der Waals surface area contributed by atoms with E-state index in [2.05, 4.69) is 58.2 Å². The summed E-state index contributed by atoms with van der Waals surface area (Å²) < 4.78 is 0. The number of likely N-dealkylation sites (tertiary alicyclic amines) is 1. The smallest absolute Gasteiger partial charge is 0.128 e. The van der Waals surface area contributed by atoms with E-state index in [0.29, 0.717) is 12.1 Å². The molecule has 0 radical (unpaired) electrons. The van der Waals surface area contributed by atoms with Gasteiger partial charge in [-0.05, 0) is 48.7 Å². The monoisotopic (exact) mass is 304 g/mol. The Morgan fingerprint density at radius 2 is 1.96 bits per heavy atom. The summed E-state index contributed by atoms with van der Waals surface area (Å²) in [4.78, 5) is 13.0. The van der Waals surface area contributed by atoms with Gasteiger partial charge in [0.25, 0.3) is 0 Å². The van der Waals surface area contributed by atoms with Gasteiger partial charge in [-0.1, -0.05) is 12.1 Å². The van der Waals surface area contributed by atoms with Gasteiger partial charge in [0.15, 0.2) is 0 Å². The van der Waals surface area contributed by atoms with Gasteiger partial charge in [-0.2, -0.15) is 0 Å². The second kappa shape index (κ2) is 4.83. The SMILES string of the molecule is CN1C[C@@H]2C[C@H]1CN2c1ccc(-c2ccc3cc[nH]c3c2)cn1. The molecule has 3 aromatic rings. The molecule has 2 saturated heterocycles. The molecule has 2 aliphatic heterocycles.